The summed E-state index contributed by atoms with van der Waals surface area (Å²) in [5.41, 5.74) is 0.184. The molecule has 4 nitrogen and oxygen atoms in total. The molecule has 0 spiro atoms. The average molecular weight is 269 g/mol. The van der Waals surface area contributed by atoms with E-state index in [0.717, 1.165) is 4.74 Å². The van der Waals surface area contributed by atoms with E-state index in [4.69, 9.17) is 0 Å². The molecule has 1 aromatic carbocycles. The predicted octanol–water partition coefficient (Wildman–Crippen LogP) is 2.21. The van der Waals surface area contributed by atoms with Gasteiger partial charge >= 0.3 is 0 Å². The van der Waals surface area contributed by atoms with Gasteiger partial charge in [0.05, 0.1) is 10.6 Å². The van der Waals surface area contributed by atoms with Crippen LogP contribution in [0, 0.1) is 5.21 Å². The fourth-order valence-corrected chi connectivity index (χ4v) is 2.14. The van der Waals surface area contributed by atoms with Crippen LogP contribution in [-0.4, -0.2) is 30.7 Å². The van der Waals surface area contributed by atoms with Crippen molar-refractivity contribution in [1.82, 2.24) is 0 Å². The van der Waals surface area contributed by atoms with Crippen LogP contribution in [0.2, 0.25) is 0 Å². The van der Waals surface area contributed by atoms with E-state index in [1.165, 1.54) is 18.3 Å². The standard InChI is InChI=1S/C13H19NO3S/c1-5-18(16,17)12-8-6-11(7-9-12)10-14(15)13(2,3)4/h6-10H,5H2,1-4H3/b14-10-. The number of benzene rings is 1. The Morgan fingerprint density at radius 3 is 2.11 bits per heavy atom. The number of hydrogen-bond acceptors (Lipinski definition) is 3. The fourth-order valence-electron chi connectivity index (χ4n) is 1.26. The second-order valence-electron chi connectivity index (χ2n) is 5.10. The van der Waals surface area contributed by atoms with Gasteiger partial charge in [0.15, 0.2) is 21.6 Å². The summed E-state index contributed by atoms with van der Waals surface area (Å²) in [6, 6.07) is 6.33. The van der Waals surface area contributed by atoms with Gasteiger partial charge in [0.25, 0.3) is 0 Å². The Balaban J connectivity index is 3.05. The minimum atomic E-state index is -3.18. The summed E-state index contributed by atoms with van der Waals surface area (Å²) in [6.07, 6.45) is 1.46. The Kier molecular flexibility index (Phi) is 4.16. The molecule has 0 unspecified atom stereocenters. The highest BCUT2D eigenvalue weighted by Gasteiger charge is 2.18. The number of nitrogens with zero attached hydrogens (tertiary/aromatic N) is 1. The maximum absolute atomic E-state index is 11.7. The second kappa shape index (κ2) is 5.10. The van der Waals surface area contributed by atoms with Crippen molar-refractivity contribution in [1.29, 1.82) is 0 Å². The molecule has 18 heavy (non-hydrogen) atoms. The molecule has 0 aliphatic carbocycles. The molecule has 1 aromatic rings. The van der Waals surface area contributed by atoms with Crippen molar-refractivity contribution < 1.29 is 13.2 Å². The molecule has 100 valence electrons. The van der Waals surface area contributed by atoms with Gasteiger partial charge in [-0.1, -0.05) is 6.92 Å². The summed E-state index contributed by atoms with van der Waals surface area (Å²) in [4.78, 5) is 0.287. The molecule has 0 bridgehead atoms. The summed E-state index contributed by atoms with van der Waals surface area (Å²) in [6.45, 7) is 7.04. The SMILES string of the molecule is CCS(=O)(=O)c1ccc(/C=[N+](\[O-])C(C)(C)C)cc1. The first-order valence-electron chi connectivity index (χ1n) is 5.81. The number of hydroxylamine groups is 1. The number of sulfone groups is 1. The van der Waals surface area contributed by atoms with Gasteiger partial charge in [0, 0.05) is 26.3 Å². The molecular weight excluding hydrogens is 250 g/mol. The Hall–Kier alpha value is -1.36. The van der Waals surface area contributed by atoms with Crippen LogP contribution < -0.4 is 0 Å². The summed E-state index contributed by atoms with van der Waals surface area (Å²) in [5, 5.41) is 11.7. The first-order chi connectivity index (χ1) is 8.16. The summed E-state index contributed by atoms with van der Waals surface area (Å²) < 4.78 is 24.1. The Morgan fingerprint density at radius 1 is 1.22 bits per heavy atom. The van der Waals surface area contributed by atoms with Crippen molar-refractivity contribution in [2.75, 3.05) is 5.75 Å². The molecule has 0 heterocycles. The van der Waals surface area contributed by atoms with Crippen molar-refractivity contribution in [2.24, 2.45) is 0 Å². The maximum Gasteiger partial charge on any atom is 0.182 e. The molecule has 0 radical (unpaired) electrons. The quantitative estimate of drug-likeness (QED) is 0.366. The van der Waals surface area contributed by atoms with Gasteiger partial charge in [-0.25, -0.2) is 13.2 Å². The molecule has 0 aliphatic rings. The highest BCUT2D eigenvalue weighted by atomic mass is 32.2. The van der Waals surface area contributed by atoms with Gasteiger partial charge in [-0.05, 0) is 24.3 Å². The summed E-state index contributed by atoms with van der Waals surface area (Å²) >= 11 is 0. The van der Waals surface area contributed by atoms with Gasteiger partial charge in [-0.15, -0.1) is 0 Å². The normalized spacial score (nSPS) is 13.7. The zero-order chi connectivity index (χ0) is 14.0. The summed E-state index contributed by atoms with van der Waals surface area (Å²) in [7, 11) is -3.18. The molecular formula is C13H19NO3S. The van der Waals surface area contributed by atoms with E-state index in [0.29, 0.717) is 5.56 Å². The minimum Gasteiger partial charge on any atom is -0.623 e. The topological polar surface area (TPSA) is 60.2 Å². The Labute approximate surface area is 108 Å². The maximum atomic E-state index is 11.7. The van der Waals surface area contributed by atoms with Crippen molar-refractivity contribution in [3.8, 4) is 0 Å². The third kappa shape index (κ3) is 3.57. The molecule has 0 saturated heterocycles. The lowest BCUT2D eigenvalue weighted by molar-refractivity contribution is -0.530. The molecule has 0 aliphatic heterocycles. The lowest BCUT2D eigenvalue weighted by Gasteiger charge is -2.18. The van der Waals surface area contributed by atoms with E-state index >= 15 is 0 Å². The van der Waals surface area contributed by atoms with Crippen LogP contribution in [0.1, 0.15) is 33.3 Å². The molecule has 0 aromatic heterocycles. The highest BCUT2D eigenvalue weighted by molar-refractivity contribution is 7.91. The van der Waals surface area contributed by atoms with Crippen molar-refractivity contribution in [3.63, 3.8) is 0 Å². The lowest BCUT2D eigenvalue weighted by Crippen LogP contribution is -2.29. The third-order valence-corrected chi connectivity index (χ3v) is 4.30. The van der Waals surface area contributed by atoms with Crippen molar-refractivity contribution in [2.45, 2.75) is 38.1 Å². The highest BCUT2D eigenvalue weighted by Crippen LogP contribution is 2.12. The monoisotopic (exact) mass is 269 g/mol. The zero-order valence-corrected chi connectivity index (χ0v) is 12.0. The third-order valence-electron chi connectivity index (χ3n) is 2.55. The van der Waals surface area contributed by atoms with Crippen LogP contribution in [-0.2, 0) is 9.84 Å². The van der Waals surface area contributed by atoms with E-state index in [2.05, 4.69) is 0 Å². The zero-order valence-electron chi connectivity index (χ0n) is 11.2. The van der Waals surface area contributed by atoms with Crippen molar-refractivity contribution in [3.05, 3.63) is 35.0 Å². The van der Waals surface area contributed by atoms with Gasteiger partial charge in [-0.3, -0.25) is 0 Å². The molecule has 0 saturated carbocycles. The summed E-state index contributed by atoms with van der Waals surface area (Å²) in [5.74, 6) is 0.0751. The van der Waals surface area contributed by atoms with Gasteiger partial charge < -0.3 is 5.21 Å². The number of rotatable bonds is 3. The van der Waals surface area contributed by atoms with E-state index in [1.54, 1.807) is 19.1 Å². The van der Waals surface area contributed by atoms with E-state index in [9.17, 15) is 13.6 Å². The van der Waals surface area contributed by atoms with Crippen LogP contribution in [0.15, 0.2) is 29.2 Å². The largest absolute Gasteiger partial charge is 0.623 e. The lowest BCUT2D eigenvalue weighted by atomic mass is 10.1. The first-order valence-corrected chi connectivity index (χ1v) is 7.46. The van der Waals surface area contributed by atoms with Crippen LogP contribution >= 0.6 is 0 Å². The van der Waals surface area contributed by atoms with E-state index in [-0.39, 0.29) is 10.6 Å². The van der Waals surface area contributed by atoms with Crippen LogP contribution in [0.3, 0.4) is 0 Å². The van der Waals surface area contributed by atoms with Gasteiger partial charge in [-0.2, -0.15) is 0 Å². The Bertz CT molecular complexity index is 537. The second-order valence-corrected chi connectivity index (χ2v) is 7.38. The van der Waals surface area contributed by atoms with E-state index < -0.39 is 15.4 Å². The first kappa shape index (κ1) is 14.7. The van der Waals surface area contributed by atoms with Crippen LogP contribution in [0.25, 0.3) is 0 Å². The molecule has 0 N–H and O–H groups in total. The smallest absolute Gasteiger partial charge is 0.182 e. The fraction of sp³-hybridized carbons (Fsp3) is 0.462. The molecule has 0 atom stereocenters. The van der Waals surface area contributed by atoms with Crippen LogP contribution in [0.4, 0.5) is 0 Å². The van der Waals surface area contributed by atoms with Gasteiger partial charge in [0.1, 0.15) is 0 Å². The molecule has 0 fully saturated rings. The minimum absolute atomic E-state index is 0.0751. The Morgan fingerprint density at radius 2 is 1.72 bits per heavy atom. The van der Waals surface area contributed by atoms with Crippen LogP contribution in [0.5, 0.6) is 0 Å². The van der Waals surface area contributed by atoms with E-state index in [1.807, 2.05) is 20.8 Å². The predicted molar refractivity (Wildman–Crippen MR) is 72.7 cm³/mol. The number of hydrogen-bond donors (Lipinski definition) is 0. The molecule has 1 rings (SSSR count). The molecule has 5 heteroatoms. The van der Waals surface area contributed by atoms with Crippen molar-refractivity contribution >= 4 is 16.1 Å². The average Bonchev–Trinajstić information content (AvgIpc) is 2.28. The molecule has 0 amide bonds. The van der Waals surface area contributed by atoms with Gasteiger partial charge in [0.2, 0.25) is 0 Å².